The summed E-state index contributed by atoms with van der Waals surface area (Å²) in [5.41, 5.74) is 1.05. The Kier molecular flexibility index (Phi) is 5.33. The van der Waals surface area contributed by atoms with Crippen LogP contribution in [0.1, 0.15) is 20.7 Å². The second-order valence-electron chi connectivity index (χ2n) is 5.13. The van der Waals surface area contributed by atoms with E-state index in [9.17, 15) is 9.59 Å². The molecule has 1 amide bonds. The molecule has 132 valence electrons. The highest BCUT2D eigenvalue weighted by atomic mass is 32.2. The maximum atomic E-state index is 12.4. The van der Waals surface area contributed by atoms with Crippen LogP contribution in [-0.4, -0.2) is 35.4 Å². The molecule has 0 aliphatic heterocycles. The Labute approximate surface area is 153 Å². The summed E-state index contributed by atoms with van der Waals surface area (Å²) >= 11 is 1.63. The summed E-state index contributed by atoms with van der Waals surface area (Å²) in [5.74, 6) is -0.857. The Morgan fingerprint density at radius 2 is 1.73 bits per heavy atom. The van der Waals surface area contributed by atoms with Gasteiger partial charge >= 0.3 is 12.0 Å². The van der Waals surface area contributed by atoms with E-state index in [0.717, 1.165) is 10.5 Å². The molecule has 0 aliphatic rings. The van der Waals surface area contributed by atoms with E-state index in [-0.39, 0.29) is 23.0 Å². The molecule has 0 saturated carbocycles. The van der Waals surface area contributed by atoms with Crippen molar-refractivity contribution in [3.8, 4) is 11.5 Å². The summed E-state index contributed by atoms with van der Waals surface area (Å²) in [6.45, 7) is 0. The summed E-state index contributed by atoms with van der Waals surface area (Å²) < 4.78 is 10.2. The van der Waals surface area contributed by atoms with Crippen LogP contribution in [0.25, 0.3) is 11.5 Å². The third kappa shape index (κ3) is 3.75. The number of ether oxygens (including phenoxy) is 1. The van der Waals surface area contributed by atoms with E-state index >= 15 is 0 Å². The molecular weight excluding hydrogens is 354 g/mol. The van der Waals surface area contributed by atoms with Gasteiger partial charge < -0.3 is 9.15 Å². The molecule has 8 heteroatoms. The monoisotopic (exact) mass is 369 g/mol. The number of methoxy groups -OCH3 is 1. The molecule has 0 bridgehead atoms. The fourth-order valence-electron chi connectivity index (χ4n) is 2.26. The van der Waals surface area contributed by atoms with Crippen LogP contribution in [0.2, 0.25) is 0 Å². The van der Waals surface area contributed by atoms with Crippen LogP contribution in [-0.2, 0) is 4.74 Å². The summed E-state index contributed by atoms with van der Waals surface area (Å²) in [5, 5.41) is 10.3. The minimum Gasteiger partial charge on any atom is -0.465 e. The van der Waals surface area contributed by atoms with Crippen molar-refractivity contribution in [1.82, 2.24) is 10.2 Å². The van der Waals surface area contributed by atoms with Crippen molar-refractivity contribution in [2.45, 2.75) is 4.90 Å². The highest BCUT2D eigenvalue weighted by Gasteiger charge is 2.19. The van der Waals surface area contributed by atoms with Gasteiger partial charge in [0.25, 0.3) is 5.91 Å². The van der Waals surface area contributed by atoms with Gasteiger partial charge in [-0.05, 0) is 42.7 Å². The molecule has 2 aromatic carbocycles. The molecule has 1 aromatic heterocycles. The van der Waals surface area contributed by atoms with E-state index in [1.807, 2.05) is 30.5 Å². The number of hydrogen-bond acceptors (Lipinski definition) is 7. The van der Waals surface area contributed by atoms with Gasteiger partial charge in [0.1, 0.15) is 0 Å². The zero-order chi connectivity index (χ0) is 18.5. The number of aromatic nitrogens is 2. The molecule has 26 heavy (non-hydrogen) atoms. The molecule has 0 radical (unpaired) electrons. The highest BCUT2D eigenvalue weighted by molar-refractivity contribution is 7.98. The second kappa shape index (κ2) is 7.83. The largest absolute Gasteiger partial charge is 0.465 e. The number of rotatable bonds is 5. The number of carbonyl (C=O) groups excluding carboxylic acids is 2. The van der Waals surface area contributed by atoms with Crippen molar-refractivity contribution >= 4 is 29.7 Å². The number of thioether (sulfide) groups is 1. The van der Waals surface area contributed by atoms with Crippen LogP contribution in [0.15, 0.2) is 57.8 Å². The molecule has 3 rings (SSSR count). The van der Waals surface area contributed by atoms with Gasteiger partial charge in [-0.1, -0.05) is 17.2 Å². The first-order valence-corrected chi connectivity index (χ1v) is 8.81. The molecular formula is C18H15N3O4S. The number of amides is 1. The Morgan fingerprint density at radius 1 is 1.04 bits per heavy atom. The van der Waals surface area contributed by atoms with E-state index in [0.29, 0.717) is 0 Å². The lowest BCUT2D eigenvalue weighted by Gasteiger charge is -2.06. The topological polar surface area (TPSA) is 94.3 Å². The molecule has 0 spiro atoms. The number of esters is 1. The average molecular weight is 369 g/mol. The van der Waals surface area contributed by atoms with Gasteiger partial charge in [0, 0.05) is 10.5 Å². The predicted molar refractivity (Wildman–Crippen MR) is 97.2 cm³/mol. The molecule has 0 unspecified atom stereocenters. The van der Waals surface area contributed by atoms with Gasteiger partial charge in [0.15, 0.2) is 0 Å². The molecule has 0 atom stereocenters. The second-order valence-corrected chi connectivity index (χ2v) is 6.01. The number of benzene rings is 2. The first kappa shape index (κ1) is 17.7. The van der Waals surface area contributed by atoms with Gasteiger partial charge in [-0.3, -0.25) is 10.1 Å². The lowest BCUT2D eigenvalue weighted by molar-refractivity contribution is 0.0597. The summed E-state index contributed by atoms with van der Waals surface area (Å²) in [6.07, 6.45) is 1.99. The summed E-state index contributed by atoms with van der Waals surface area (Å²) in [6, 6.07) is 13.9. The standard InChI is InChI=1S/C18H15N3O4S/c1-24-17(23)14-6-4-3-5-13(14)15(22)19-18-21-20-16(25-18)11-7-9-12(26-2)10-8-11/h3-10H,1-2H3,(H,19,21,22). The van der Waals surface area contributed by atoms with Gasteiger partial charge in [-0.25, -0.2) is 4.79 Å². The number of nitrogens with one attached hydrogen (secondary N) is 1. The first-order chi connectivity index (χ1) is 12.6. The van der Waals surface area contributed by atoms with Crippen LogP contribution >= 0.6 is 11.8 Å². The fourth-order valence-corrected chi connectivity index (χ4v) is 2.67. The van der Waals surface area contributed by atoms with Gasteiger partial charge in [-0.2, -0.15) is 0 Å². The maximum absolute atomic E-state index is 12.4. The van der Waals surface area contributed by atoms with Gasteiger partial charge in [-0.15, -0.1) is 16.9 Å². The SMILES string of the molecule is COC(=O)c1ccccc1C(=O)Nc1nnc(-c2ccc(SC)cc2)o1. The molecule has 1 N–H and O–H groups in total. The number of carbonyl (C=O) groups is 2. The Hall–Kier alpha value is -3.13. The number of hydrogen-bond donors (Lipinski definition) is 1. The predicted octanol–water partition coefficient (Wildman–Crippen LogP) is 3.50. The smallest absolute Gasteiger partial charge is 0.338 e. The van der Waals surface area contributed by atoms with Crippen molar-refractivity contribution in [3.05, 3.63) is 59.7 Å². The zero-order valence-corrected chi connectivity index (χ0v) is 14.9. The Bertz CT molecular complexity index is 938. The number of anilines is 1. The van der Waals surface area contributed by atoms with Crippen molar-refractivity contribution < 1.29 is 18.7 Å². The fraction of sp³-hybridized carbons (Fsp3) is 0.111. The molecule has 0 fully saturated rings. The third-order valence-corrected chi connectivity index (χ3v) is 4.30. The van der Waals surface area contributed by atoms with Crippen LogP contribution in [0.3, 0.4) is 0 Å². The van der Waals surface area contributed by atoms with Crippen LogP contribution in [0.4, 0.5) is 6.01 Å². The van der Waals surface area contributed by atoms with E-state index in [4.69, 9.17) is 4.42 Å². The quantitative estimate of drug-likeness (QED) is 0.543. The van der Waals surface area contributed by atoms with Crippen molar-refractivity contribution in [1.29, 1.82) is 0 Å². The van der Waals surface area contributed by atoms with Crippen molar-refractivity contribution in [2.75, 3.05) is 18.7 Å². The number of nitrogens with zero attached hydrogens (tertiary/aromatic N) is 2. The van der Waals surface area contributed by atoms with E-state index in [1.54, 1.807) is 23.9 Å². The Morgan fingerprint density at radius 3 is 2.38 bits per heavy atom. The van der Waals surface area contributed by atoms with E-state index in [1.165, 1.54) is 19.2 Å². The highest BCUT2D eigenvalue weighted by Crippen LogP contribution is 2.23. The van der Waals surface area contributed by atoms with Crippen LogP contribution in [0.5, 0.6) is 0 Å². The Balaban J connectivity index is 1.79. The molecule has 7 nitrogen and oxygen atoms in total. The van der Waals surface area contributed by atoms with E-state index in [2.05, 4.69) is 20.3 Å². The van der Waals surface area contributed by atoms with Crippen LogP contribution < -0.4 is 5.32 Å². The normalized spacial score (nSPS) is 10.4. The molecule has 0 saturated heterocycles. The van der Waals surface area contributed by atoms with Gasteiger partial charge in [0.2, 0.25) is 5.89 Å². The van der Waals surface area contributed by atoms with E-state index < -0.39 is 11.9 Å². The first-order valence-electron chi connectivity index (χ1n) is 7.59. The molecule has 3 aromatic rings. The molecule has 0 aliphatic carbocycles. The summed E-state index contributed by atoms with van der Waals surface area (Å²) in [4.78, 5) is 25.3. The third-order valence-electron chi connectivity index (χ3n) is 3.56. The average Bonchev–Trinajstić information content (AvgIpc) is 3.15. The van der Waals surface area contributed by atoms with Gasteiger partial charge in [0.05, 0.1) is 18.2 Å². The molecule has 1 heterocycles. The lowest BCUT2D eigenvalue weighted by atomic mass is 10.1. The minimum atomic E-state index is -0.601. The van der Waals surface area contributed by atoms with Crippen LogP contribution in [0, 0.1) is 0 Å². The van der Waals surface area contributed by atoms with Crippen molar-refractivity contribution in [3.63, 3.8) is 0 Å². The summed E-state index contributed by atoms with van der Waals surface area (Å²) in [7, 11) is 1.25. The zero-order valence-electron chi connectivity index (χ0n) is 14.1. The maximum Gasteiger partial charge on any atom is 0.338 e. The van der Waals surface area contributed by atoms with Crippen molar-refractivity contribution in [2.24, 2.45) is 0 Å². The minimum absolute atomic E-state index is 0.0568. The lowest BCUT2D eigenvalue weighted by Crippen LogP contribution is -2.17.